The predicted octanol–water partition coefficient (Wildman–Crippen LogP) is 29.4. The van der Waals surface area contributed by atoms with E-state index < -0.39 is 12.1 Å². The molecule has 0 spiro atoms. The van der Waals surface area contributed by atoms with Gasteiger partial charge in [-0.15, -0.1) is 0 Å². The van der Waals surface area contributed by atoms with Crippen LogP contribution in [-0.2, 0) is 14.3 Å². The van der Waals surface area contributed by atoms with E-state index >= 15 is 0 Å². The minimum Gasteiger partial charge on any atom is -0.466 e. The van der Waals surface area contributed by atoms with Crippen LogP contribution < -0.4 is 5.32 Å². The van der Waals surface area contributed by atoms with Gasteiger partial charge in [0.1, 0.15) is 0 Å². The predicted molar refractivity (Wildman–Crippen MR) is 417 cm³/mol. The number of nitrogens with one attached hydrogen (secondary N) is 1. The molecular weight excluding hydrogens is 1150 g/mol. The number of ether oxygens (including phenoxy) is 1. The highest BCUT2D eigenvalue weighted by Gasteiger charge is 2.20. The van der Waals surface area contributed by atoms with E-state index in [4.69, 9.17) is 4.74 Å². The normalized spacial score (nSPS) is 12.4. The molecular formula is C88H173NO5. The second kappa shape index (κ2) is 84.0. The first-order chi connectivity index (χ1) is 46.5. The Morgan fingerprint density at radius 3 is 0.755 bits per heavy atom. The van der Waals surface area contributed by atoms with Gasteiger partial charge in [-0.2, -0.15) is 0 Å². The van der Waals surface area contributed by atoms with Crippen LogP contribution in [0.4, 0.5) is 0 Å². The van der Waals surface area contributed by atoms with Crippen LogP contribution in [0.15, 0.2) is 12.2 Å². The van der Waals surface area contributed by atoms with E-state index in [2.05, 4.69) is 31.3 Å². The molecule has 0 heterocycles. The van der Waals surface area contributed by atoms with Gasteiger partial charge in [0.25, 0.3) is 0 Å². The standard InChI is InChI=1S/C88H173NO5/c1-3-5-7-9-11-13-15-17-19-21-23-24-38-41-45-48-52-56-60-64-68-72-76-80-86(91)85(84-90)89-87(92)81-77-73-69-65-61-57-53-49-46-42-39-36-34-32-30-28-26-25-27-29-31-33-35-37-40-43-47-51-55-59-63-67-71-75-79-83-94-88(93)82-78-74-70-66-62-58-54-50-44-22-20-18-16-14-12-10-8-6-4-2/h18,20,85-86,90-91H,3-17,19,21-84H2,1-2H3,(H,89,92)/b20-18-. The maximum atomic E-state index is 12.6. The molecule has 2 atom stereocenters. The number of aliphatic hydroxyl groups excluding tert-OH is 2. The van der Waals surface area contributed by atoms with Gasteiger partial charge in [-0.1, -0.05) is 463 Å². The Balaban J connectivity index is 3.30. The topological polar surface area (TPSA) is 95.9 Å². The summed E-state index contributed by atoms with van der Waals surface area (Å²) in [6.45, 7) is 5.02. The second-order valence-corrected chi connectivity index (χ2v) is 30.6. The molecule has 1 amide bonds. The summed E-state index contributed by atoms with van der Waals surface area (Å²) in [4.78, 5) is 24.7. The van der Waals surface area contributed by atoms with Crippen LogP contribution in [0, 0.1) is 0 Å². The molecule has 0 aromatic rings. The van der Waals surface area contributed by atoms with Crippen molar-refractivity contribution in [3.63, 3.8) is 0 Å². The van der Waals surface area contributed by atoms with Crippen molar-refractivity contribution in [2.45, 2.75) is 527 Å². The van der Waals surface area contributed by atoms with Crippen LogP contribution >= 0.6 is 0 Å². The van der Waals surface area contributed by atoms with Gasteiger partial charge >= 0.3 is 5.97 Å². The molecule has 0 fully saturated rings. The molecule has 2 unspecified atom stereocenters. The fraction of sp³-hybridized carbons (Fsp3) is 0.955. The Kier molecular flexibility index (Phi) is 82.8. The van der Waals surface area contributed by atoms with Gasteiger partial charge in [0, 0.05) is 12.8 Å². The number of allylic oxidation sites excluding steroid dienone is 2. The minimum absolute atomic E-state index is 0.0230. The van der Waals surface area contributed by atoms with Gasteiger partial charge in [0.15, 0.2) is 0 Å². The van der Waals surface area contributed by atoms with Gasteiger partial charge in [-0.05, 0) is 51.4 Å². The van der Waals surface area contributed by atoms with Gasteiger partial charge < -0.3 is 20.3 Å². The number of amides is 1. The van der Waals surface area contributed by atoms with Gasteiger partial charge in [0.05, 0.1) is 25.4 Å². The molecule has 94 heavy (non-hydrogen) atoms. The number of rotatable bonds is 84. The lowest BCUT2D eigenvalue weighted by Crippen LogP contribution is -2.45. The van der Waals surface area contributed by atoms with E-state index in [9.17, 15) is 19.8 Å². The molecule has 3 N–H and O–H groups in total. The highest BCUT2D eigenvalue weighted by Crippen LogP contribution is 2.21. The monoisotopic (exact) mass is 1320 g/mol. The summed E-state index contributed by atoms with van der Waals surface area (Å²) in [7, 11) is 0. The number of carbonyl (C=O) groups is 2. The van der Waals surface area contributed by atoms with E-state index in [0.717, 1.165) is 38.5 Å². The summed E-state index contributed by atoms with van der Waals surface area (Å²) < 4.78 is 5.52. The van der Waals surface area contributed by atoms with Crippen molar-refractivity contribution in [2.75, 3.05) is 13.2 Å². The number of esters is 1. The minimum atomic E-state index is -0.661. The van der Waals surface area contributed by atoms with E-state index in [0.29, 0.717) is 25.9 Å². The van der Waals surface area contributed by atoms with Crippen LogP contribution in [0.1, 0.15) is 515 Å². The first kappa shape index (κ1) is 92.6. The molecule has 0 radical (unpaired) electrons. The number of aliphatic hydroxyl groups is 2. The second-order valence-electron chi connectivity index (χ2n) is 30.6. The zero-order chi connectivity index (χ0) is 67.7. The van der Waals surface area contributed by atoms with E-state index in [1.165, 1.54) is 443 Å². The molecule has 0 bridgehead atoms. The number of hydrogen-bond donors (Lipinski definition) is 3. The molecule has 6 heteroatoms. The maximum Gasteiger partial charge on any atom is 0.305 e. The molecule has 0 aliphatic carbocycles. The molecule has 6 nitrogen and oxygen atoms in total. The fourth-order valence-electron chi connectivity index (χ4n) is 14.4. The quantitative estimate of drug-likeness (QED) is 0.0320. The van der Waals surface area contributed by atoms with Crippen LogP contribution in [0.25, 0.3) is 0 Å². The maximum absolute atomic E-state index is 12.6. The number of hydrogen-bond acceptors (Lipinski definition) is 5. The summed E-state index contributed by atoms with van der Waals surface area (Å²) in [5, 5.41) is 23.5. The Bertz CT molecular complexity index is 1430. The van der Waals surface area contributed by atoms with E-state index in [1.807, 2.05) is 0 Å². The third-order valence-corrected chi connectivity index (χ3v) is 21.1. The van der Waals surface area contributed by atoms with E-state index in [1.54, 1.807) is 0 Å². The third kappa shape index (κ3) is 79.6. The zero-order valence-electron chi connectivity index (χ0n) is 64.5. The summed E-state index contributed by atoms with van der Waals surface area (Å²) in [5.74, 6) is 0.000702. The Morgan fingerprint density at radius 2 is 0.500 bits per heavy atom. The molecule has 560 valence electrons. The first-order valence-corrected chi connectivity index (χ1v) is 43.9. The number of unbranched alkanes of at least 4 members (excludes halogenated alkanes) is 71. The summed E-state index contributed by atoms with van der Waals surface area (Å²) in [5.41, 5.74) is 0. The smallest absolute Gasteiger partial charge is 0.305 e. The average molecular weight is 1330 g/mol. The summed E-state index contributed by atoms with van der Waals surface area (Å²) >= 11 is 0. The summed E-state index contributed by atoms with van der Waals surface area (Å²) in [6.07, 6.45) is 108. The zero-order valence-corrected chi connectivity index (χ0v) is 64.5. The molecule has 0 aromatic carbocycles. The molecule has 0 rings (SSSR count). The Morgan fingerprint density at radius 1 is 0.287 bits per heavy atom. The molecule has 0 aliphatic heterocycles. The molecule has 0 aliphatic rings. The van der Waals surface area contributed by atoms with Crippen LogP contribution in [0.3, 0.4) is 0 Å². The van der Waals surface area contributed by atoms with Gasteiger partial charge in [-0.3, -0.25) is 9.59 Å². The molecule has 0 saturated heterocycles. The van der Waals surface area contributed by atoms with Crippen LogP contribution in [0.5, 0.6) is 0 Å². The fourth-order valence-corrected chi connectivity index (χ4v) is 14.4. The Labute approximate surface area is 590 Å². The van der Waals surface area contributed by atoms with Gasteiger partial charge in [0.2, 0.25) is 5.91 Å². The Hall–Kier alpha value is -1.40. The van der Waals surface area contributed by atoms with Crippen molar-refractivity contribution in [1.82, 2.24) is 5.32 Å². The molecule has 0 aromatic heterocycles. The number of carbonyl (C=O) groups excluding carboxylic acids is 2. The van der Waals surface area contributed by atoms with Crippen molar-refractivity contribution >= 4 is 11.9 Å². The average Bonchev–Trinajstić information content (AvgIpc) is 3.61. The van der Waals surface area contributed by atoms with Crippen LogP contribution in [-0.4, -0.2) is 47.4 Å². The SMILES string of the molecule is CCCCCCCC/C=C\CCCCCCCCCCCC(=O)OCCCCCCCCCCCCCCCCCCCCCCCCCCCCCCCCCCCCCC(=O)NC(CO)C(O)CCCCCCCCCCCCCCCCCCCCCCCCC. The highest BCUT2D eigenvalue weighted by atomic mass is 16.5. The molecule has 0 saturated carbocycles. The van der Waals surface area contributed by atoms with E-state index in [-0.39, 0.29) is 18.5 Å². The third-order valence-electron chi connectivity index (χ3n) is 21.1. The van der Waals surface area contributed by atoms with Crippen molar-refractivity contribution in [1.29, 1.82) is 0 Å². The largest absolute Gasteiger partial charge is 0.466 e. The van der Waals surface area contributed by atoms with Gasteiger partial charge in [-0.25, -0.2) is 0 Å². The van der Waals surface area contributed by atoms with Crippen molar-refractivity contribution in [3.8, 4) is 0 Å². The lowest BCUT2D eigenvalue weighted by atomic mass is 10.0. The van der Waals surface area contributed by atoms with Crippen molar-refractivity contribution in [2.24, 2.45) is 0 Å². The summed E-state index contributed by atoms with van der Waals surface area (Å²) in [6, 6.07) is -0.538. The van der Waals surface area contributed by atoms with Crippen molar-refractivity contribution < 1.29 is 24.5 Å². The lowest BCUT2D eigenvalue weighted by Gasteiger charge is -2.22. The van der Waals surface area contributed by atoms with Crippen molar-refractivity contribution in [3.05, 3.63) is 12.2 Å². The highest BCUT2D eigenvalue weighted by molar-refractivity contribution is 5.76. The lowest BCUT2D eigenvalue weighted by molar-refractivity contribution is -0.143. The first-order valence-electron chi connectivity index (χ1n) is 43.9. The van der Waals surface area contributed by atoms with Crippen LogP contribution in [0.2, 0.25) is 0 Å².